The van der Waals surface area contributed by atoms with E-state index in [4.69, 9.17) is 84.9 Å². The van der Waals surface area contributed by atoms with Gasteiger partial charge in [0.1, 0.15) is 17.5 Å². The van der Waals surface area contributed by atoms with Crippen molar-refractivity contribution in [2.45, 2.75) is 123 Å². The number of carbonyl (C=O) groups excluding carboxylic acids is 3. The summed E-state index contributed by atoms with van der Waals surface area (Å²) < 4.78 is 72.5. The summed E-state index contributed by atoms with van der Waals surface area (Å²) in [6.45, 7) is 8.19. The van der Waals surface area contributed by atoms with Crippen LogP contribution in [0.25, 0.3) is 52.0 Å². The zero-order valence-corrected chi connectivity index (χ0v) is 68.1. The van der Waals surface area contributed by atoms with Crippen LogP contribution in [0.4, 0.5) is 13.2 Å². The van der Waals surface area contributed by atoms with Gasteiger partial charge in [-0.1, -0.05) is 151 Å². The second kappa shape index (κ2) is 36.3. The number of nitrogens with one attached hydrogen (secondary N) is 4. The van der Waals surface area contributed by atoms with Crippen molar-refractivity contribution >= 4 is 132 Å². The van der Waals surface area contributed by atoms with Crippen LogP contribution in [0.5, 0.6) is 0 Å². The van der Waals surface area contributed by atoms with Crippen LogP contribution in [0.3, 0.4) is 0 Å². The van der Waals surface area contributed by atoms with E-state index < -0.39 is 10.0 Å². The van der Waals surface area contributed by atoms with E-state index in [9.17, 15) is 36.0 Å². The van der Waals surface area contributed by atoms with Crippen molar-refractivity contribution in [1.82, 2.24) is 64.8 Å². The molecule has 18 nitrogen and oxygen atoms in total. The van der Waals surface area contributed by atoms with Gasteiger partial charge in [0, 0.05) is 89.3 Å². The molecule has 1 unspecified atom stereocenters. The first-order valence-corrected chi connectivity index (χ1v) is 41.6. The summed E-state index contributed by atoms with van der Waals surface area (Å²) in [7, 11) is -1.65. The number of carbonyl (C=O) groups is 3. The predicted molar refractivity (Wildman–Crippen MR) is 444 cm³/mol. The Hall–Kier alpha value is -8.91. The van der Waals surface area contributed by atoms with Crippen molar-refractivity contribution in [3.05, 3.63) is 273 Å². The highest BCUT2D eigenvalue weighted by Crippen LogP contribution is 2.41. The number of rotatable bonds is 16. The van der Waals surface area contributed by atoms with E-state index in [1.807, 2.05) is 57.3 Å². The lowest BCUT2D eigenvalue weighted by Crippen LogP contribution is -2.40. The molecule has 3 amide bonds. The molecule has 7 heterocycles. The maximum Gasteiger partial charge on any atom is 0.272 e. The van der Waals surface area contributed by atoms with Gasteiger partial charge in [0.05, 0.1) is 67.2 Å². The van der Waals surface area contributed by atoms with E-state index in [0.717, 1.165) is 95.3 Å². The number of hydrogen-bond acceptors (Lipinski definition) is 11. The van der Waals surface area contributed by atoms with E-state index in [1.54, 1.807) is 111 Å². The molecule has 2 aliphatic carbocycles. The molecular formula is C85H84Cl6F3N13O5S. The second-order valence-corrected chi connectivity index (χ2v) is 33.8. The maximum absolute atomic E-state index is 13.7. The summed E-state index contributed by atoms with van der Waals surface area (Å²) in [5.74, 6) is -0.969. The van der Waals surface area contributed by atoms with Crippen LogP contribution in [0.15, 0.2) is 152 Å². The van der Waals surface area contributed by atoms with Crippen LogP contribution in [0, 0.1) is 29.3 Å². The Bertz CT molecular complexity index is 5400. The Morgan fingerprint density at radius 1 is 0.478 bits per heavy atom. The lowest BCUT2D eigenvalue weighted by molar-refractivity contribution is 0.0904. The molecule has 2 fully saturated rings. The standard InChI is InChI=1S/C29H31Cl2FN4O3S.C28H24Cl2FN5O.C28H29Cl2FN4O/c1-18(20-6-4-3-5-7-20)33-29(37)27-24-17-35(40(2,38)39)16-21(14-19-8-11-23(32)12-9-19)28(24)36(34-27)26-13-10-22(30)15-25(26)31;1-17(24-5-3-4-12-32-24)33-28(37)26-22-16-35(2)15-19(13-18-6-9-21(31)10-7-18)27(22)36(34-26)25-11-8-20(29)14-23(25)30;1-17(19-5-3-2-4-6-19)33-28(36)26-23-16-32-15-20(13-18-7-10-22(31)11-8-18)27(23)35(34-26)25-12-9-21(29)14-24(25)30/h8-15,18,20H,3-7,16-17H2,1-2H3,(H,33,37);3-14,17H,15-16H2,1-2H3,(H,33,37);7-14,17,19,32H,2-6,15-16H2,1H3,(H,33,36)/b21-14+;19-13+;20-13+/t18-;;17-/m1.1/s1. The molecule has 0 saturated heterocycles. The van der Waals surface area contributed by atoms with Crippen molar-refractivity contribution in [1.29, 1.82) is 0 Å². The van der Waals surface area contributed by atoms with Gasteiger partial charge in [-0.3, -0.25) is 24.3 Å². The number of likely N-dealkylation sites (N-methyl/N-ethyl adjacent to an activating group) is 1. The number of benzene rings is 6. The van der Waals surface area contributed by atoms with Crippen LogP contribution >= 0.6 is 69.6 Å². The second-order valence-electron chi connectivity index (χ2n) is 29.3. The van der Waals surface area contributed by atoms with Gasteiger partial charge in [0.25, 0.3) is 17.7 Å². The number of pyridine rings is 1. The summed E-state index contributed by atoms with van der Waals surface area (Å²) in [6.07, 6.45) is 20.2. The third-order valence-corrected chi connectivity index (χ3v) is 23.9. The monoisotopic (exact) mass is 1670 g/mol. The van der Waals surface area contributed by atoms with Crippen LogP contribution < -0.4 is 21.3 Å². The van der Waals surface area contributed by atoms with Gasteiger partial charge in [-0.05, 0) is 220 Å². The molecule has 4 N–H and O–H groups in total. The molecule has 0 spiro atoms. The smallest absolute Gasteiger partial charge is 0.272 e. The number of amides is 3. The highest BCUT2D eigenvalue weighted by molar-refractivity contribution is 7.88. The molecule has 10 aromatic rings. The summed E-state index contributed by atoms with van der Waals surface area (Å²) in [5.41, 5.74) is 12.4. The van der Waals surface area contributed by atoms with E-state index in [1.165, 1.54) is 66.4 Å². The normalized spacial score (nSPS) is 17.4. The first-order chi connectivity index (χ1) is 54.2. The number of fused-ring (bicyclic) bond motifs is 3. The molecule has 6 aromatic carbocycles. The Kier molecular flexibility index (Phi) is 26.4. The fraction of sp³-hybridized carbons (Fsp3) is 0.306. The topological polar surface area (TPSA) is 206 Å². The zero-order chi connectivity index (χ0) is 79.9. The number of hydrogen-bond donors (Lipinski definition) is 4. The summed E-state index contributed by atoms with van der Waals surface area (Å²) in [4.78, 5) is 47.3. The predicted octanol–water partition coefficient (Wildman–Crippen LogP) is 19.2. The van der Waals surface area contributed by atoms with Crippen molar-refractivity contribution in [3.8, 4) is 17.1 Å². The fourth-order valence-electron chi connectivity index (χ4n) is 15.3. The average Bonchev–Trinajstić information content (AvgIpc) is 1.61. The molecule has 2 saturated carbocycles. The number of nitrogens with zero attached hydrogens (tertiary/aromatic N) is 9. The maximum atomic E-state index is 13.7. The Labute approximate surface area is 685 Å². The van der Waals surface area contributed by atoms with Gasteiger partial charge >= 0.3 is 0 Å². The van der Waals surface area contributed by atoms with Gasteiger partial charge in [0.2, 0.25) is 10.0 Å². The van der Waals surface area contributed by atoms with E-state index in [2.05, 4.69) is 38.1 Å². The van der Waals surface area contributed by atoms with Gasteiger partial charge in [-0.2, -0.15) is 19.6 Å². The number of aromatic nitrogens is 7. The fourth-order valence-corrected chi connectivity index (χ4v) is 17.5. The summed E-state index contributed by atoms with van der Waals surface area (Å²) >= 11 is 38.2. The molecule has 4 aromatic heterocycles. The third-order valence-electron chi connectivity index (χ3n) is 21.1. The molecule has 113 heavy (non-hydrogen) atoms. The Morgan fingerprint density at radius 2 is 0.867 bits per heavy atom. The average molecular weight is 1670 g/mol. The zero-order valence-electron chi connectivity index (χ0n) is 62.7. The Balaban J connectivity index is 0.000000148. The molecule has 28 heteroatoms. The molecular weight excluding hydrogens is 1580 g/mol. The van der Waals surface area contributed by atoms with Gasteiger partial charge < -0.3 is 21.3 Å². The quantitative estimate of drug-likeness (QED) is 0.0716. The molecule has 0 bridgehead atoms. The first kappa shape index (κ1) is 82.1. The van der Waals surface area contributed by atoms with Crippen LogP contribution in [0.1, 0.15) is 179 Å². The molecule has 15 rings (SSSR count). The van der Waals surface area contributed by atoms with Crippen molar-refractivity contribution in [3.63, 3.8) is 0 Å². The van der Waals surface area contributed by atoms with Crippen LogP contribution in [-0.2, 0) is 29.7 Å². The van der Waals surface area contributed by atoms with Gasteiger partial charge in [0.15, 0.2) is 17.1 Å². The van der Waals surface area contributed by atoms with Gasteiger partial charge in [-0.15, -0.1) is 0 Å². The molecule has 588 valence electrons. The van der Waals surface area contributed by atoms with E-state index in [-0.39, 0.29) is 72.1 Å². The largest absolute Gasteiger partial charge is 0.348 e. The molecule has 0 radical (unpaired) electrons. The number of sulfonamides is 1. The minimum atomic E-state index is -3.63. The Morgan fingerprint density at radius 3 is 1.27 bits per heavy atom. The van der Waals surface area contributed by atoms with E-state index >= 15 is 0 Å². The molecule has 3 atom stereocenters. The number of halogens is 9. The lowest BCUT2D eigenvalue weighted by Gasteiger charge is -2.29. The van der Waals surface area contributed by atoms with Crippen molar-refractivity contribution in [2.75, 3.05) is 32.9 Å². The van der Waals surface area contributed by atoms with Crippen molar-refractivity contribution < 1.29 is 36.0 Å². The molecule has 3 aliphatic heterocycles. The highest BCUT2D eigenvalue weighted by atomic mass is 35.5. The van der Waals surface area contributed by atoms with E-state index in [0.29, 0.717) is 119 Å². The third kappa shape index (κ3) is 19.6. The van der Waals surface area contributed by atoms with Crippen LogP contribution in [0.2, 0.25) is 30.1 Å². The highest BCUT2D eigenvalue weighted by Gasteiger charge is 2.38. The summed E-state index contributed by atoms with van der Waals surface area (Å²) in [5, 5.41) is 29.7. The minimum Gasteiger partial charge on any atom is -0.348 e. The summed E-state index contributed by atoms with van der Waals surface area (Å²) in [6, 6.07) is 39.1. The minimum absolute atomic E-state index is 0.0271. The SMILES string of the molecule is CC(NC(=O)c1nn(-c2ccc(Cl)cc2Cl)c2c1CN(C)C/C2=C\c1ccc(F)cc1)c1ccccn1.C[C@@H](NC(=O)c1nn(-c2ccc(Cl)cc2Cl)c2c1CN(S(C)(=O)=O)C/C2=C\c1ccc(F)cc1)C1CCCCC1.C[C@@H](NC(=O)c1nn(-c2ccc(Cl)cc2Cl)c2c1CNC/C2=C\c1ccc(F)cc1)C1CCCCC1. The molecule has 5 aliphatic rings. The van der Waals surface area contributed by atoms with Crippen LogP contribution in [-0.4, -0.2) is 115 Å². The lowest BCUT2D eigenvalue weighted by atomic mass is 9.84. The first-order valence-electron chi connectivity index (χ1n) is 37.5. The van der Waals surface area contributed by atoms with Gasteiger partial charge in [-0.25, -0.2) is 35.6 Å². The van der Waals surface area contributed by atoms with Crippen molar-refractivity contribution in [2.24, 2.45) is 11.8 Å².